The van der Waals surface area contributed by atoms with E-state index < -0.39 is 0 Å². The van der Waals surface area contributed by atoms with Crippen LogP contribution < -0.4 is 0 Å². The Morgan fingerprint density at radius 2 is 0.769 bits per heavy atom. The zero-order valence-corrected chi connectivity index (χ0v) is 28.1. The molecule has 0 saturated heterocycles. The van der Waals surface area contributed by atoms with Gasteiger partial charge in [0.25, 0.3) is 0 Å². The van der Waals surface area contributed by atoms with Crippen molar-refractivity contribution >= 4 is 10.8 Å². The smallest absolute Gasteiger partial charge is 0.164 e. The van der Waals surface area contributed by atoms with E-state index in [-0.39, 0.29) is 0 Å². The molecule has 0 radical (unpaired) electrons. The highest BCUT2D eigenvalue weighted by Crippen LogP contribution is 2.41. The van der Waals surface area contributed by atoms with Crippen LogP contribution in [0, 0.1) is 0 Å². The summed E-state index contributed by atoms with van der Waals surface area (Å²) >= 11 is 0. The maximum atomic E-state index is 4.96. The Balaban J connectivity index is 1.20. The molecule has 0 unspecified atom stereocenters. The molecule has 0 aliphatic rings. The van der Waals surface area contributed by atoms with Gasteiger partial charge in [-0.05, 0) is 75.5 Å². The second-order valence-corrected chi connectivity index (χ2v) is 12.6. The summed E-state index contributed by atoms with van der Waals surface area (Å²) in [7, 11) is 0. The Bertz CT molecular complexity index is 2530. The van der Waals surface area contributed by atoms with Crippen molar-refractivity contribution in [3.63, 3.8) is 0 Å². The van der Waals surface area contributed by atoms with E-state index >= 15 is 0 Å². The summed E-state index contributed by atoms with van der Waals surface area (Å²) < 4.78 is 0. The van der Waals surface area contributed by atoms with Crippen LogP contribution >= 0.6 is 0 Å². The average molecular weight is 666 g/mol. The first-order chi connectivity index (χ1) is 25.8. The Kier molecular flexibility index (Phi) is 8.12. The maximum Gasteiger partial charge on any atom is 0.164 e. The lowest BCUT2D eigenvalue weighted by molar-refractivity contribution is 1.07. The van der Waals surface area contributed by atoms with Gasteiger partial charge in [0.05, 0.1) is 11.4 Å². The number of pyridine rings is 2. The van der Waals surface area contributed by atoms with Gasteiger partial charge in [-0.2, -0.15) is 0 Å². The van der Waals surface area contributed by atoms with E-state index in [1.165, 1.54) is 10.8 Å². The van der Waals surface area contributed by atoms with E-state index in [4.69, 9.17) is 24.9 Å². The van der Waals surface area contributed by atoms with E-state index in [0.717, 1.165) is 61.5 Å². The molecule has 0 bridgehead atoms. The molecule has 9 aromatic rings. The Morgan fingerprint density at radius 3 is 1.31 bits per heavy atom. The molecular weight excluding hydrogens is 635 g/mol. The van der Waals surface area contributed by atoms with Gasteiger partial charge >= 0.3 is 0 Å². The third-order valence-electron chi connectivity index (χ3n) is 9.23. The highest BCUT2D eigenvalue weighted by atomic mass is 15.0. The van der Waals surface area contributed by atoms with Gasteiger partial charge in [-0.15, -0.1) is 0 Å². The minimum absolute atomic E-state index is 0.625. The number of hydrogen-bond donors (Lipinski definition) is 0. The van der Waals surface area contributed by atoms with Crippen LogP contribution in [0.2, 0.25) is 0 Å². The predicted octanol–water partition coefficient (Wildman–Crippen LogP) is 11.5. The lowest BCUT2D eigenvalue weighted by Gasteiger charge is -2.17. The van der Waals surface area contributed by atoms with Gasteiger partial charge < -0.3 is 0 Å². The van der Waals surface area contributed by atoms with Gasteiger partial charge in [0.1, 0.15) is 0 Å². The number of nitrogens with zero attached hydrogens (tertiary/aromatic N) is 5. The standard InChI is InChI=1S/C47H31N5/c1-3-14-34(15-4-1)45-50-46(35-16-5-2-6-17-35)52-47(51-45)36-23-21-33(22-24-36)44-40-18-8-7-13-32(40)25-26-41(44)37-29-38(42-19-9-11-27-48-42)31-39(30-37)43-20-10-12-28-49-43/h1-31H. The van der Waals surface area contributed by atoms with Gasteiger partial charge in [0.15, 0.2) is 17.5 Å². The quantitative estimate of drug-likeness (QED) is 0.169. The highest BCUT2D eigenvalue weighted by Gasteiger charge is 2.17. The Hall–Kier alpha value is -7.11. The van der Waals surface area contributed by atoms with Crippen molar-refractivity contribution in [3.8, 4) is 78.9 Å². The zero-order valence-electron chi connectivity index (χ0n) is 28.1. The van der Waals surface area contributed by atoms with E-state index in [1.54, 1.807) is 0 Å². The molecule has 3 aromatic heterocycles. The fourth-order valence-corrected chi connectivity index (χ4v) is 6.69. The van der Waals surface area contributed by atoms with Crippen LogP contribution in [0.4, 0.5) is 0 Å². The third kappa shape index (κ3) is 6.12. The molecule has 5 nitrogen and oxygen atoms in total. The van der Waals surface area contributed by atoms with Gasteiger partial charge in [-0.25, -0.2) is 15.0 Å². The van der Waals surface area contributed by atoms with Crippen LogP contribution in [0.1, 0.15) is 0 Å². The van der Waals surface area contributed by atoms with E-state index in [2.05, 4.69) is 91.0 Å². The maximum absolute atomic E-state index is 4.96. The Labute approximate surface area is 302 Å². The largest absolute Gasteiger partial charge is 0.256 e. The molecule has 52 heavy (non-hydrogen) atoms. The monoisotopic (exact) mass is 665 g/mol. The SMILES string of the molecule is c1ccc(-c2nc(-c3ccccc3)nc(-c3ccc(-c4c(-c5cc(-c6ccccn6)cc(-c6ccccn6)c5)ccc5ccccc45)cc3)n2)cc1. The first kappa shape index (κ1) is 30.9. The summed E-state index contributed by atoms with van der Waals surface area (Å²) in [5.41, 5.74) is 11.2. The fraction of sp³-hybridized carbons (Fsp3) is 0. The number of aromatic nitrogens is 5. The van der Waals surface area contributed by atoms with Crippen molar-refractivity contribution < 1.29 is 0 Å². The summed E-state index contributed by atoms with van der Waals surface area (Å²) in [6, 6.07) is 60.4. The second-order valence-electron chi connectivity index (χ2n) is 12.6. The van der Waals surface area contributed by atoms with Gasteiger partial charge in [-0.1, -0.05) is 133 Å². The summed E-state index contributed by atoms with van der Waals surface area (Å²) in [5.74, 6) is 1.91. The van der Waals surface area contributed by atoms with Crippen LogP contribution in [-0.4, -0.2) is 24.9 Å². The molecule has 0 saturated carbocycles. The molecule has 0 aliphatic carbocycles. The molecule has 6 aromatic carbocycles. The Morgan fingerprint density at radius 1 is 0.308 bits per heavy atom. The van der Waals surface area contributed by atoms with E-state index in [0.29, 0.717) is 17.5 Å². The molecule has 3 heterocycles. The lowest BCUT2D eigenvalue weighted by atomic mass is 9.87. The number of benzene rings is 6. The average Bonchev–Trinajstić information content (AvgIpc) is 3.24. The molecule has 9 rings (SSSR count). The molecule has 0 amide bonds. The molecule has 0 aliphatic heterocycles. The molecule has 0 atom stereocenters. The third-order valence-corrected chi connectivity index (χ3v) is 9.23. The summed E-state index contributed by atoms with van der Waals surface area (Å²) in [6.07, 6.45) is 3.67. The summed E-state index contributed by atoms with van der Waals surface area (Å²) in [4.78, 5) is 24.2. The van der Waals surface area contributed by atoms with Crippen molar-refractivity contribution in [3.05, 3.63) is 188 Å². The first-order valence-electron chi connectivity index (χ1n) is 17.2. The zero-order chi connectivity index (χ0) is 34.7. The van der Waals surface area contributed by atoms with Crippen LogP contribution in [0.5, 0.6) is 0 Å². The molecule has 244 valence electrons. The molecule has 0 fully saturated rings. The number of fused-ring (bicyclic) bond motifs is 1. The number of rotatable bonds is 7. The van der Waals surface area contributed by atoms with Crippen LogP contribution in [0.25, 0.3) is 89.7 Å². The van der Waals surface area contributed by atoms with E-state index in [9.17, 15) is 0 Å². The topological polar surface area (TPSA) is 64.5 Å². The summed E-state index contributed by atoms with van der Waals surface area (Å²) in [5, 5.41) is 2.35. The van der Waals surface area contributed by atoms with Crippen molar-refractivity contribution in [2.45, 2.75) is 0 Å². The second kappa shape index (κ2) is 13.7. The minimum atomic E-state index is 0.625. The first-order valence-corrected chi connectivity index (χ1v) is 17.2. The molecule has 5 heteroatoms. The van der Waals surface area contributed by atoms with Gasteiger partial charge in [0.2, 0.25) is 0 Å². The van der Waals surface area contributed by atoms with Crippen molar-refractivity contribution in [1.82, 2.24) is 24.9 Å². The predicted molar refractivity (Wildman–Crippen MR) is 211 cm³/mol. The van der Waals surface area contributed by atoms with E-state index in [1.807, 2.05) is 97.3 Å². The van der Waals surface area contributed by atoms with Crippen LogP contribution in [0.3, 0.4) is 0 Å². The van der Waals surface area contributed by atoms with Gasteiger partial charge in [-0.3, -0.25) is 9.97 Å². The van der Waals surface area contributed by atoms with Crippen molar-refractivity contribution in [2.75, 3.05) is 0 Å². The number of hydrogen-bond acceptors (Lipinski definition) is 5. The van der Waals surface area contributed by atoms with Gasteiger partial charge in [0, 0.05) is 40.2 Å². The lowest BCUT2D eigenvalue weighted by Crippen LogP contribution is -2.00. The normalized spacial score (nSPS) is 11.1. The van der Waals surface area contributed by atoms with Crippen molar-refractivity contribution in [2.24, 2.45) is 0 Å². The summed E-state index contributed by atoms with van der Waals surface area (Å²) in [6.45, 7) is 0. The van der Waals surface area contributed by atoms with Crippen LogP contribution in [0.15, 0.2) is 188 Å². The van der Waals surface area contributed by atoms with Crippen molar-refractivity contribution in [1.29, 1.82) is 0 Å². The molecular formula is C47H31N5. The van der Waals surface area contributed by atoms with Crippen LogP contribution in [-0.2, 0) is 0 Å². The highest BCUT2D eigenvalue weighted by molar-refractivity contribution is 6.05. The minimum Gasteiger partial charge on any atom is -0.256 e. The molecule has 0 N–H and O–H groups in total. The fourth-order valence-electron chi connectivity index (χ4n) is 6.69. The molecule has 0 spiro atoms.